The average molecular weight is 696 g/mol. The first-order chi connectivity index (χ1) is 22.1. The van der Waals surface area contributed by atoms with Gasteiger partial charge < -0.3 is 20.9 Å². The minimum Gasteiger partial charge on any atom is -0.399 e. The van der Waals surface area contributed by atoms with E-state index in [0.29, 0.717) is 11.6 Å². The van der Waals surface area contributed by atoms with Crippen LogP contribution in [0.25, 0.3) is 22.6 Å². The van der Waals surface area contributed by atoms with Gasteiger partial charge in [-0.1, -0.05) is 29.4 Å². The molecule has 2 aromatic carbocycles. The zero-order chi connectivity index (χ0) is 35.8. The van der Waals surface area contributed by atoms with Crippen molar-refractivity contribution < 1.29 is 53.2 Å². The van der Waals surface area contributed by atoms with E-state index in [1.807, 2.05) is 0 Å². The third-order valence-corrected chi connectivity index (χ3v) is 6.51. The number of halogens is 10. The van der Waals surface area contributed by atoms with E-state index >= 15 is 0 Å². The summed E-state index contributed by atoms with van der Waals surface area (Å²) in [6, 6.07) is 7.28. The van der Waals surface area contributed by atoms with E-state index in [0.717, 1.165) is 16.8 Å². The van der Waals surface area contributed by atoms with E-state index in [9.17, 15) is 53.5 Å². The topological polar surface area (TPSA) is 141 Å². The first-order valence-corrected chi connectivity index (χ1v) is 13.5. The summed E-state index contributed by atoms with van der Waals surface area (Å²) in [4.78, 5) is 33.2. The van der Waals surface area contributed by atoms with E-state index in [-0.39, 0.29) is 40.9 Å². The fourth-order valence-electron chi connectivity index (χ4n) is 4.16. The molecular formula is C28H23F10N7O3. The smallest absolute Gasteiger partial charge is 0.399 e. The SMILES string of the molecule is CC(C)Nc1ncc(-c2cc(N)cc(C(F)(F)F)c2)n(CC(=O)NCc2ccc(-c3noc(C(F)(F)C(F)(F)C(F)(F)F)n3)cc2)c1=O. The number of nitrogens with two attached hydrogens (primary N) is 1. The second-order valence-electron chi connectivity index (χ2n) is 10.6. The average Bonchev–Trinajstić information content (AvgIpc) is 3.48. The molecule has 20 heteroatoms. The van der Waals surface area contributed by atoms with Crippen LogP contribution in [0.5, 0.6) is 0 Å². The monoisotopic (exact) mass is 695 g/mol. The van der Waals surface area contributed by atoms with E-state index in [4.69, 9.17) is 5.73 Å². The van der Waals surface area contributed by atoms with Crippen molar-refractivity contribution >= 4 is 17.4 Å². The standard InChI is InChI=1S/C28H23F10N7O3/c1-13(2)42-22-23(47)45(19(11-41-22)16-7-17(26(31,32)33)9-18(39)8-16)12-20(46)40-10-14-3-5-15(6-4-14)21-43-24(48-44-21)25(29,30)27(34,35)28(36,37)38/h3-9,11,13H,10,12,39H2,1-2H3,(H,40,46)(H,41,42). The predicted octanol–water partition coefficient (Wildman–Crippen LogP) is 5.99. The highest BCUT2D eigenvalue weighted by atomic mass is 19.4. The van der Waals surface area contributed by atoms with Gasteiger partial charge in [0.15, 0.2) is 5.82 Å². The van der Waals surface area contributed by atoms with Gasteiger partial charge in [-0.25, -0.2) is 4.98 Å². The normalized spacial score (nSPS) is 12.8. The molecule has 0 spiro atoms. The predicted molar refractivity (Wildman–Crippen MR) is 149 cm³/mol. The lowest BCUT2D eigenvalue weighted by Gasteiger charge is -2.25. The fraction of sp³-hybridized carbons (Fsp3) is 0.321. The van der Waals surface area contributed by atoms with Crippen LogP contribution in [0, 0.1) is 0 Å². The first-order valence-electron chi connectivity index (χ1n) is 13.5. The molecule has 48 heavy (non-hydrogen) atoms. The molecule has 2 heterocycles. The van der Waals surface area contributed by atoms with Gasteiger partial charge in [0, 0.05) is 29.4 Å². The lowest BCUT2D eigenvalue weighted by Crippen LogP contribution is -2.50. The summed E-state index contributed by atoms with van der Waals surface area (Å²) in [7, 11) is 0. The molecule has 258 valence electrons. The number of carbonyl (C=O) groups is 1. The molecule has 4 rings (SSSR count). The van der Waals surface area contributed by atoms with Gasteiger partial charge in [0.25, 0.3) is 5.56 Å². The summed E-state index contributed by atoms with van der Waals surface area (Å²) < 4.78 is 137. The van der Waals surface area contributed by atoms with Crippen molar-refractivity contribution in [3.8, 4) is 22.6 Å². The summed E-state index contributed by atoms with van der Waals surface area (Å²) in [6.45, 7) is 2.50. The highest BCUT2D eigenvalue weighted by Crippen LogP contribution is 2.51. The number of aromatic nitrogens is 4. The lowest BCUT2D eigenvalue weighted by molar-refractivity contribution is -0.364. The number of benzene rings is 2. The molecule has 2 aromatic heterocycles. The quantitative estimate of drug-likeness (QED) is 0.136. The summed E-state index contributed by atoms with van der Waals surface area (Å²) in [5, 5.41) is 8.32. The summed E-state index contributed by atoms with van der Waals surface area (Å²) in [5.41, 5.74) is 3.42. The van der Waals surface area contributed by atoms with Gasteiger partial charge >= 0.3 is 30.1 Å². The Hall–Kier alpha value is -5.17. The van der Waals surface area contributed by atoms with Crippen LogP contribution >= 0.6 is 0 Å². The first kappa shape index (κ1) is 35.7. The van der Waals surface area contributed by atoms with Crippen molar-refractivity contribution in [2.75, 3.05) is 11.1 Å². The van der Waals surface area contributed by atoms with E-state index < -0.39 is 59.5 Å². The van der Waals surface area contributed by atoms with Crippen LogP contribution < -0.4 is 21.9 Å². The van der Waals surface area contributed by atoms with Crippen LogP contribution in [0.3, 0.4) is 0 Å². The minimum atomic E-state index is -6.61. The molecule has 0 saturated heterocycles. The molecule has 0 aliphatic rings. The van der Waals surface area contributed by atoms with Crippen molar-refractivity contribution in [3.63, 3.8) is 0 Å². The maximum Gasteiger partial charge on any atom is 0.460 e. The largest absolute Gasteiger partial charge is 0.460 e. The van der Waals surface area contributed by atoms with Gasteiger partial charge in [0.05, 0.1) is 17.5 Å². The number of hydrogen-bond donors (Lipinski definition) is 3. The molecule has 0 bridgehead atoms. The van der Waals surface area contributed by atoms with E-state index in [1.165, 1.54) is 30.3 Å². The number of nitrogen functional groups attached to an aromatic ring is 1. The van der Waals surface area contributed by atoms with Gasteiger partial charge in [-0.15, -0.1) is 0 Å². The van der Waals surface area contributed by atoms with Crippen molar-refractivity contribution in [2.24, 2.45) is 0 Å². The molecule has 0 atom stereocenters. The molecule has 0 unspecified atom stereocenters. The molecule has 0 saturated carbocycles. The number of nitrogens with one attached hydrogen (secondary N) is 2. The molecule has 1 amide bonds. The number of rotatable bonds is 10. The maximum absolute atomic E-state index is 13.9. The van der Waals surface area contributed by atoms with Crippen molar-refractivity contribution in [1.29, 1.82) is 0 Å². The second kappa shape index (κ2) is 12.8. The minimum absolute atomic E-state index is 0.121. The van der Waals surface area contributed by atoms with Gasteiger partial charge in [0.1, 0.15) is 6.54 Å². The Balaban J connectivity index is 1.53. The molecule has 0 aliphatic heterocycles. The lowest BCUT2D eigenvalue weighted by atomic mass is 10.1. The maximum atomic E-state index is 13.9. The van der Waals surface area contributed by atoms with Crippen molar-refractivity contribution in [1.82, 2.24) is 25.0 Å². The van der Waals surface area contributed by atoms with Gasteiger partial charge in [0.2, 0.25) is 11.7 Å². The number of hydrogen-bond acceptors (Lipinski definition) is 8. The van der Waals surface area contributed by atoms with Crippen LogP contribution in [0.4, 0.5) is 55.4 Å². The summed E-state index contributed by atoms with van der Waals surface area (Å²) in [5.74, 6) is -16.3. The number of anilines is 2. The van der Waals surface area contributed by atoms with E-state index in [2.05, 4.69) is 30.3 Å². The fourth-order valence-corrected chi connectivity index (χ4v) is 4.16. The molecule has 4 aromatic rings. The van der Waals surface area contributed by atoms with Crippen LogP contribution in [0.2, 0.25) is 0 Å². The highest BCUT2D eigenvalue weighted by molar-refractivity contribution is 5.77. The zero-order valence-electron chi connectivity index (χ0n) is 24.5. The van der Waals surface area contributed by atoms with Crippen molar-refractivity contribution in [2.45, 2.75) is 57.2 Å². The zero-order valence-corrected chi connectivity index (χ0v) is 24.5. The van der Waals surface area contributed by atoms with E-state index in [1.54, 1.807) is 13.8 Å². The molecule has 4 N–H and O–H groups in total. The molecular weight excluding hydrogens is 672 g/mol. The third-order valence-electron chi connectivity index (χ3n) is 6.51. The summed E-state index contributed by atoms with van der Waals surface area (Å²) in [6.07, 6.45) is -10.3. The van der Waals surface area contributed by atoms with Gasteiger partial charge in [-0.05, 0) is 37.6 Å². The Morgan fingerprint density at radius 2 is 1.60 bits per heavy atom. The molecule has 0 radical (unpaired) electrons. The Kier molecular flexibility index (Phi) is 9.51. The van der Waals surface area contributed by atoms with Crippen LogP contribution in [-0.4, -0.2) is 43.7 Å². The second-order valence-corrected chi connectivity index (χ2v) is 10.6. The van der Waals surface area contributed by atoms with Crippen LogP contribution in [-0.2, 0) is 30.0 Å². The number of alkyl halides is 10. The Morgan fingerprint density at radius 1 is 0.958 bits per heavy atom. The Labute approximate surface area is 263 Å². The van der Waals surface area contributed by atoms with Gasteiger partial charge in [-0.3, -0.25) is 14.2 Å². The van der Waals surface area contributed by atoms with Crippen molar-refractivity contribution in [3.05, 3.63) is 76.0 Å². The van der Waals surface area contributed by atoms with Crippen LogP contribution in [0.15, 0.2) is 58.0 Å². The number of nitrogens with zero attached hydrogens (tertiary/aromatic N) is 4. The molecule has 0 fully saturated rings. The van der Waals surface area contributed by atoms with Gasteiger partial charge in [-0.2, -0.15) is 48.9 Å². The van der Waals surface area contributed by atoms with Crippen LogP contribution in [0.1, 0.15) is 30.9 Å². The summed E-state index contributed by atoms with van der Waals surface area (Å²) >= 11 is 0. The number of carbonyl (C=O) groups excluding carboxylic acids is 1. The molecule has 10 nitrogen and oxygen atoms in total. The third kappa shape index (κ3) is 7.36. The Bertz CT molecular complexity index is 1850. The Morgan fingerprint density at radius 3 is 2.19 bits per heavy atom. The number of amides is 1. The molecule has 0 aliphatic carbocycles. The highest BCUT2D eigenvalue weighted by Gasteiger charge is 2.76.